The minimum Gasteiger partial charge on any atom is -0.0828 e. The standard InChI is InChI=1S/C6H7S/c7-6-4-2-1-3-5-6/h2,4-5H,1,3H2. The summed E-state index contributed by atoms with van der Waals surface area (Å²) < 4.78 is 0. The SMILES string of the molecule is [S]C1=CCCC=C1. The molecule has 0 aromatic heterocycles. The van der Waals surface area contributed by atoms with Crippen LogP contribution >= 0.6 is 12.6 Å². The van der Waals surface area contributed by atoms with Crippen molar-refractivity contribution in [2.75, 3.05) is 0 Å². The zero-order valence-corrected chi connectivity index (χ0v) is 4.87. The fraction of sp³-hybridized carbons (Fsp3) is 0.333. The van der Waals surface area contributed by atoms with E-state index in [2.05, 4.69) is 12.2 Å². The monoisotopic (exact) mass is 111 g/mol. The van der Waals surface area contributed by atoms with Crippen LogP contribution in [-0.2, 0) is 0 Å². The van der Waals surface area contributed by atoms with Gasteiger partial charge in [0.25, 0.3) is 0 Å². The molecule has 0 heterocycles. The van der Waals surface area contributed by atoms with Crippen molar-refractivity contribution in [3.05, 3.63) is 23.1 Å². The predicted octanol–water partition coefficient (Wildman–Crippen LogP) is 2.42. The lowest BCUT2D eigenvalue weighted by Gasteiger charge is -1.94. The first-order chi connectivity index (χ1) is 3.39. The molecule has 0 atom stereocenters. The van der Waals surface area contributed by atoms with Crippen LogP contribution in [0.3, 0.4) is 0 Å². The molecule has 1 aliphatic carbocycles. The maximum atomic E-state index is 4.86. The van der Waals surface area contributed by atoms with E-state index in [-0.39, 0.29) is 0 Å². The summed E-state index contributed by atoms with van der Waals surface area (Å²) in [6.07, 6.45) is 8.48. The summed E-state index contributed by atoms with van der Waals surface area (Å²) >= 11 is 4.86. The molecule has 0 bridgehead atoms. The van der Waals surface area contributed by atoms with Crippen LogP contribution in [0.15, 0.2) is 23.1 Å². The van der Waals surface area contributed by atoms with Crippen molar-refractivity contribution in [1.82, 2.24) is 0 Å². The van der Waals surface area contributed by atoms with E-state index in [0.717, 1.165) is 11.3 Å². The van der Waals surface area contributed by atoms with Crippen molar-refractivity contribution in [3.8, 4) is 0 Å². The van der Waals surface area contributed by atoms with E-state index in [9.17, 15) is 0 Å². The molecule has 1 heteroatoms. The first-order valence-corrected chi connectivity index (χ1v) is 2.84. The fourth-order valence-electron chi connectivity index (χ4n) is 0.589. The van der Waals surface area contributed by atoms with Crippen LogP contribution in [0.5, 0.6) is 0 Å². The fourth-order valence-corrected chi connectivity index (χ4v) is 0.803. The summed E-state index contributed by atoms with van der Waals surface area (Å²) in [5.74, 6) is 0. The van der Waals surface area contributed by atoms with E-state index >= 15 is 0 Å². The molecule has 7 heavy (non-hydrogen) atoms. The van der Waals surface area contributed by atoms with Crippen LogP contribution in [0.4, 0.5) is 0 Å². The summed E-state index contributed by atoms with van der Waals surface area (Å²) in [5, 5.41) is 0. The molecule has 1 aliphatic rings. The Hall–Kier alpha value is -0.300. The lowest BCUT2D eigenvalue weighted by Crippen LogP contribution is -1.73. The predicted molar refractivity (Wildman–Crippen MR) is 34.0 cm³/mol. The lowest BCUT2D eigenvalue weighted by atomic mass is 10.2. The van der Waals surface area contributed by atoms with E-state index < -0.39 is 0 Å². The second kappa shape index (κ2) is 2.12. The molecule has 0 aromatic rings. The highest BCUT2D eigenvalue weighted by Gasteiger charge is 1.88. The van der Waals surface area contributed by atoms with Crippen molar-refractivity contribution in [2.24, 2.45) is 0 Å². The summed E-state index contributed by atoms with van der Waals surface area (Å²) in [7, 11) is 0. The molecule has 0 saturated heterocycles. The van der Waals surface area contributed by atoms with Gasteiger partial charge < -0.3 is 0 Å². The van der Waals surface area contributed by atoms with E-state index in [0.29, 0.717) is 0 Å². The molecule has 1 rings (SSSR count). The summed E-state index contributed by atoms with van der Waals surface area (Å²) in [4.78, 5) is 0.992. The maximum Gasteiger partial charge on any atom is 0.0334 e. The van der Waals surface area contributed by atoms with E-state index in [4.69, 9.17) is 12.6 Å². The highest BCUT2D eigenvalue weighted by atomic mass is 32.1. The Bertz CT molecular complexity index is 111. The second-order valence-electron chi connectivity index (χ2n) is 1.59. The number of hydrogen-bond donors (Lipinski definition) is 0. The number of rotatable bonds is 0. The van der Waals surface area contributed by atoms with Crippen molar-refractivity contribution in [1.29, 1.82) is 0 Å². The largest absolute Gasteiger partial charge is 0.0828 e. The minimum atomic E-state index is 0.992. The maximum absolute atomic E-state index is 4.86. The topological polar surface area (TPSA) is 0 Å². The molecule has 0 amide bonds. The summed E-state index contributed by atoms with van der Waals surface area (Å²) in [6.45, 7) is 0. The van der Waals surface area contributed by atoms with Crippen LogP contribution in [0.1, 0.15) is 12.8 Å². The first kappa shape index (κ1) is 4.85. The van der Waals surface area contributed by atoms with Gasteiger partial charge in [-0.05, 0) is 18.9 Å². The van der Waals surface area contributed by atoms with Gasteiger partial charge in [-0.25, -0.2) is 0 Å². The molecule has 0 fully saturated rings. The molecule has 0 unspecified atom stereocenters. The van der Waals surface area contributed by atoms with Gasteiger partial charge in [-0.3, -0.25) is 0 Å². The molecule has 1 radical (unpaired) electrons. The van der Waals surface area contributed by atoms with E-state index in [1.54, 1.807) is 0 Å². The Morgan fingerprint density at radius 1 is 1.43 bits per heavy atom. The molecule has 0 N–H and O–H groups in total. The van der Waals surface area contributed by atoms with Crippen molar-refractivity contribution in [3.63, 3.8) is 0 Å². The van der Waals surface area contributed by atoms with Crippen LogP contribution in [-0.4, -0.2) is 0 Å². The molecule has 0 aromatic carbocycles. The van der Waals surface area contributed by atoms with Gasteiger partial charge in [-0.2, -0.15) is 0 Å². The van der Waals surface area contributed by atoms with Gasteiger partial charge in [-0.15, -0.1) is 0 Å². The van der Waals surface area contributed by atoms with Gasteiger partial charge in [0.05, 0.1) is 0 Å². The smallest absolute Gasteiger partial charge is 0.0334 e. The minimum absolute atomic E-state index is 0.992. The van der Waals surface area contributed by atoms with Gasteiger partial charge >= 0.3 is 0 Å². The molecule has 0 saturated carbocycles. The molecule has 37 valence electrons. The van der Waals surface area contributed by atoms with Gasteiger partial charge in [0.15, 0.2) is 0 Å². The molecule has 0 aliphatic heterocycles. The van der Waals surface area contributed by atoms with E-state index in [1.807, 2.05) is 6.08 Å². The van der Waals surface area contributed by atoms with Crippen LogP contribution in [0.2, 0.25) is 0 Å². The average molecular weight is 111 g/mol. The van der Waals surface area contributed by atoms with Crippen molar-refractivity contribution in [2.45, 2.75) is 12.8 Å². The Morgan fingerprint density at radius 3 is 2.57 bits per heavy atom. The highest BCUT2D eigenvalue weighted by molar-refractivity contribution is 7.84. The highest BCUT2D eigenvalue weighted by Crippen LogP contribution is 2.11. The van der Waals surface area contributed by atoms with Gasteiger partial charge in [0.2, 0.25) is 0 Å². The van der Waals surface area contributed by atoms with Crippen LogP contribution < -0.4 is 0 Å². The zero-order valence-electron chi connectivity index (χ0n) is 4.05. The Balaban J connectivity index is 2.58. The number of allylic oxidation sites excluding steroid dienone is 3. The molecular formula is C6H7S. The third-order valence-electron chi connectivity index (χ3n) is 0.961. The summed E-state index contributed by atoms with van der Waals surface area (Å²) in [6, 6.07) is 0. The van der Waals surface area contributed by atoms with Gasteiger partial charge in [0, 0.05) is 4.91 Å². The Labute approximate surface area is 49.3 Å². The Morgan fingerprint density at radius 2 is 2.29 bits per heavy atom. The van der Waals surface area contributed by atoms with Crippen molar-refractivity contribution >= 4 is 12.6 Å². The van der Waals surface area contributed by atoms with Crippen LogP contribution in [0, 0.1) is 0 Å². The van der Waals surface area contributed by atoms with Crippen molar-refractivity contribution < 1.29 is 0 Å². The van der Waals surface area contributed by atoms with Gasteiger partial charge in [0.1, 0.15) is 0 Å². The average Bonchev–Trinajstić information content (AvgIpc) is 1.69. The molecule has 0 nitrogen and oxygen atoms in total. The van der Waals surface area contributed by atoms with Gasteiger partial charge in [-0.1, -0.05) is 24.8 Å². The third-order valence-corrected chi connectivity index (χ3v) is 1.26. The van der Waals surface area contributed by atoms with Crippen LogP contribution in [0.25, 0.3) is 0 Å². The quantitative estimate of drug-likeness (QED) is 0.450. The summed E-state index contributed by atoms with van der Waals surface area (Å²) in [5.41, 5.74) is 0. The normalized spacial score (nSPS) is 19.1. The number of hydrogen-bond acceptors (Lipinski definition) is 0. The Kier molecular flexibility index (Phi) is 1.47. The second-order valence-corrected chi connectivity index (χ2v) is 2.06. The molecular weight excluding hydrogens is 104 g/mol. The van der Waals surface area contributed by atoms with E-state index in [1.165, 1.54) is 6.42 Å². The third kappa shape index (κ3) is 1.32. The first-order valence-electron chi connectivity index (χ1n) is 2.43. The zero-order chi connectivity index (χ0) is 5.11. The lowest BCUT2D eigenvalue weighted by molar-refractivity contribution is 1.03. The molecule has 0 spiro atoms.